The van der Waals surface area contributed by atoms with Crippen LogP contribution < -0.4 is 0 Å². The summed E-state index contributed by atoms with van der Waals surface area (Å²) in [7, 11) is 17.0. The van der Waals surface area contributed by atoms with Crippen molar-refractivity contribution < 1.29 is 12.5 Å². The molecule has 5 heteroatoms. The van der Waals surface area contributed by atoms with E-state index in [1.807, 2.05) is 0 Å². The summed E-state index contributed by atoms with van der Waals surface area (Å²) < 4.78 is 0. The molecule has 0 bridgehead atoms. The van der Waals surface area contributed by atoms with Crippen LogP contribution in [0.2, 0.25) is 0 Å². The van der Waals surface area contributed by atoms with Crippen molar-refractivity contribution in [3.63, 3.8) is 0 Å². The molecule has 0 aromatic heterocycles. The van der Waals surface area contributed by atoms with E-state index >= 15 is 0 Å². The van der Waals surface area contributed by atoms with Crippen LogP contribution in [-0.4, -0.2) is 35.0 Å². The van der Waals surface area contributed by atoms with E-state index in [-0.39, 0.29) is 0 Å². The summed E-state index contributed by atoms with van der Waals surface area (Å²) >= 11 is -2.44. The fourth-order valence-electron chi connectivity index (χ4n) is 9.47. The zero-order valence-corrected chi connectivity index (χ0v) is 25.7. The van der Waals surface area contributed by atoms with Gasteiger partial charge in [-0.15, -0.1) is 0 Å². The summed E-state index contributed by atoms with van der Waals surface area (Å²) in [6, 6.07) is 0. The Labute approximate surface area is 211 Å². The summed E-state index contributed by atoms with van der Waals surface area (Å²) in [5.41, 5.74) is 0.738. The molecule has 0 aromatic carbocycles. The number of halogens is 2. The molecule has 0 N–H and O–H groups in total. The average molecular weight is 616 g/mol. The van der Waals surface area contributed by atoms with Crippen molar-refractivity contribution in [3.8, 4) is 0 Å². The molecule has 0 spiro atoms. The Morgan fingerprint density at radius 1 is 0.375 bits per heavy atom. The van der Waals surface area contributed by atoms with Gasteiger partial charge in [-0.25, -0.2) is 0 Å². The van der Waals surface area contributed by atoms with Gasteiger partial charge in [-0.2, -0.15) is 0 Å². The topological polar surface area (TPSA) is 0 Å². The van der Waals surface area contributed by atoms with Crippen LogP contribution in [0.4, 0.5) is 0 Å². The first-order valence-corrected chi connectivity index (χ1v) is 27.7. The molecule has 1 heterocycles. The average Bonchev–Trinajstić information content (AvgIpc) is 2.86. The monoisotopic (exact) mass is 614 g/mol. The second kappa shape index (κ2) is 11.2. The van der Waals surface area contributed by atoms with Crippen LogP contribution in [0.15, 0.2) is 0 Å². The van der Waals surface area contributed by atoms with Gasteiger partial charge in [0.25, 0.3) is 0 Å². The van der Waals surface area contributed by atoms with Crippen LogP contribution in [0.1, 0.15) is 135 Å². The van der Waals surface area contributed by atoms with E-state index in [2.05, 4.69) is 0 Å². The SMILES string of the molecule is [Cl][Pd]1([Cl])[PH](C2CCCCC2)(C2CCCCC2)CCC[PH]1(C1CCCCC1)C1CCCCC1. The fourth-order valence-corrected chi connectivity index (χ4v) is 85.1. The second-order valence-corrected chi connectivity index (χ2v) is 47.7. The second-order valence-electron chi connectivity index (χ2n) is 12.3. The van der Waals surface area contributed by atoms with Gasteiger partial charge >= 0.3 is 212 Å². The van der Waals surface area contributed by atoms with Crippen molar-refractivity contribution >= 4 is 30.0 Å². The van der Waals surface area contributed by atoms with Crippen molar-refractivity contribution in [2.45, 2.75) is 157 Å². The van der Waals surface area contributed by atoms with Crippen LogP contribution in [-0.2, 0) is 12.5 Å². The third kappa shape index (κ3) is 4.39. The van der Waals surface area contributed by atoms with Crippen molar-refractivity contribution in [2.75, 3.05) is 12.3 Å². The summed E-state index contributed by atoms with van der Waals surface area (Å²) in [5.74, 6) is 0. The van der Waals surface area contributed by atoms with Gasteiger partial charge in [-0.05, 0) is 0 Å². The third-order valence-corrected chi connectivity index (χ3v) is 69.2. The van der Waals surface area contributed by atoms with Gasteiger partial charge in [0.15, 0.2) is 0 Å². The minimum absolute atomic E-state index is 1.02. The molecule has 1 aliphatic heterocycles. The summed E-state index contributed by atoms with van der Waals surface area (Å²) in [4.78, 5) is 0. The number of hydrogen-bond donors (Lipinski definition) is 0. The first kappa shape index (κ1) is 25.7. The van der Waals surface area contributed by atoms with E-state index in [0.29, 0.717) is 0 Å². The van der Waals surface area contributed by atoms with Gasteiger partial charge in [0.05, 0.1) is 0 Å². The van der Waals surface area contributed by atoms with Gasteiger partial charge < -0.3 is 0 Å². The van der Waals surface area contributed by atoms with Crippen molar-refractivity contribution in [1.82, 2.24) is 0 Å². The predicted molar refractivity (Wildman–Crippen MR) is 150 cm³/mol. The van der Waals surface area contributed by atoms with Gasteiger partial charge in [0.2, 0.25) is 0 Å². The van der Waals surface area contributed by atoms with Gasteiger partial charge in [-0.3, -0.25) is 0 Å². The molecule has 5 fully saturated rings. The van der Waals surface area contributed by atoms with Crippen LogP contribution in [0.25, 0.3) is 0 Å². The molecule has 1 saturated heterocycles. The zero-order chi connectivity index (χ0) is 22.1. The molecule has 0 aromatic rings. The molecule has 0 atom stereocenters. The third-order valence-electron chi connectivity index (χ3n) is 10.9. The Kier molecular flexibility index (Phi) is 9.04. The van der Waals surface area contributed by atoms with E-state index in [0.717, 1.165) is 22.6 Å². The van der Waals surface area contributed by atoms with E-state index in [1.54, 1.807) is 18.7 Å². The van der Waals surface area contributed by atoms with Crippen molar-refractivity contribution in [3.05, 3.63) is 0 Å². The molecule has 5 aliphatic rings. The van der Waals surface area contributed by atoms with Gasteiger partial charge in [-0.1, -0.05) is 0 Å². The predicted octanol–water partition coefficient (Wildman–Crippen LogP) is 10.5. The first-order chi connectivity index (χ1) is 15.6. The summed E-state index contributed by atoms with van der Waals surface area (Å²) in [5, 5.41) is 0. The maximum atomic E-state index is 8.49. The Balaban J connectivity index is 1.61. The first-order valence-electron chi connectivity index (χ1n) is 14.7. The molecule has 0 radical (unpaired) electrons. The molecule has 0 amide bonds. The van der Waals surface area contributed by atoms with Gasteiger partial charge in [0, 0.05) is 0 Å². The molecule has 0 nitrogen and oxygen atoms in total. The standard InChI is InChI=1S/C27H50P2.2ClH.Pd/c1-5-14-24(15-6-1)28(25-16-7-2-8-17-25)22-13-23-29(26-18-9-3-10-19-26)27-20-11-4-12-21-27;;;/h24-27H,1-23H2;2*1H;. The molecule has 194 valence electrons. The molecule has 4 saturated carbocycles. The van der Waals surface area contributed by atoms with E-state index < -0.39 is 23.4 Å². The Morgan fingerprint density at radius 2 is 0.625 bits per heavy atom. The van der Waals surface area contributed by atoms with Crippen LogP contribution in [0.5, 0.6) is 0 Å². The van der Waals surface area contributed by atoms with Crippen LogP contribution in [0, 0.1) is 0 Å². The molecule has 0 unspecified atom stereocenters. The Bertz CT molecular complexity index is 517. The Morgan fingerprint density at radius 3 is 0.875 bits per heavy atom. The van der Waals surface area contributed by atoms with E-state index in [4.69, 9.17) is 19.1 Å². The normalized spacial score (nSPS) is 36.2. The number of hydrogen-bond acceptors (Lipinski definition) is 0. The quantitative estimate of drug-likeness (QED) is 0.218. The fraction of sp³-hybridized carbons (Fsp3) is 1.00. The molecular formula is C27H52Cl2P2Pd. The number of rotatable bonds is 4. The van der Waals surface area contributed by atoms with Crippen molar-refractivity contribution in [2.24, 2.45) is 0 Å². The molecule has 5 rings (SSSR count). The van der Waals surface area contributed by atoms with Crippen LogP contribution in [0.3, 0.4) is 0 Å². The summed E-state index contributed by atoms with van der Waals surface area (Å²) in [6.07, 6.45) is 34.8. The van der Waals surface area contributed by atoms with Crippen LogP contribution >= 0.6 is 30.0 Å². The minimum atomic E-state index is -2.44. The van der Waals surface area contributed by atoms with E-state index in [9.17, 15) is 0 Å². The van der Waals surface area contributed by atoms with E-state index in [1.165, 1.54) is 128 Å². The zero-order valence-electron chi connectivity index (χ0n) is 20.6. The molecule has 32 heavy (non-hydrogen) atoms. The summed E-state index contributed by atoms with van der Waals surface area (Å²) in [6.45, 7) is 0. The maximum absolute atomic E-state index is 8.49. The van der Waals surface area contributed by atoms with Gasteiger partial charge in [0.1, 0.15) is 0 Å². The van der Waals surface area contributed by atoms with Crippen molar-refractivity contribution in [1.29, 1.82) is 0 Å². The Hall–Kier alpha value is 2.10. The molecule has 4 aliphatic carbocycles. The molecular weight excluding hydrogens is 564 g/mol.